The summed E-state index contributed by atoms with van der Waals surface area (Å²) in [6, 6.07) is 4.73. The van der Waals surface area contributed by atoms with Gasteiger partial charge in [0.1, 0.15) is 0 Å². The molecule has 3 N–H and O–H groups in total. The number of anilines is 1. The summed E-state index contributed by atoms with van der Waals surface area (Å²) in [5, 5.41) is 8.18. The molecule has 27 heavy (non-hydrogen) atoms. The maximum Gasteiger partial charge on any atom is 0.241 e. The number of fused-ring (bicyclic) bond motifs is 1. The van der Waals surface area contributed by atoms with Gasteiger partial charge in [0, 0.05) is 31.2 Å². The van der Waals surface area contributed by atoms with Crippen LogP contribution in [-0.4, -0.2) is 57.4 Å². The summed E-state index contributed by atoms with van der Waals surface area (Å²) in [4.78, 5) is 28.2. The van der Waals surface area contributed by atoms with E-state index < -0.39 is 10.0 Å². The molecule has 0 aromatic heterocycles. The Morgan fingerprint density at radius 2 is 2.07 bits per heavy atom. The van der Waals surface area contributed by atoms with Crippen LogP contribution in [-0.2, 0) is 26.0 Å². The predicted octanol–water partition coefficient (Wildman–Crippen LogP) is 0.214. The fraction of sp³-hybridized carbons (Fsp3) is 0.556. The first-order valence-electron chi connectivity index (χ1n) is 9.25. The molecule has 9 heteroatoms. The Balaban J connectivity index is 1.64. The third-order valence-electron chi connectivity index (χ3n) is 5.13. The third-order valence-corrected chi connectivity index (χ3v) is 6.04. The van der Waals surface area contributed by atoms with Crippen LogP contribution in [0.2, 0.25) is 0 Å². The van der Waals surface area contributed by atoms with Crippen molar-refractivity contribution in [3.8, 4) is 0 Å². The highest BCUT2D eigenvalue weighted by atomic mass is 32.2. The molecule has 0 bridgehead atoms. The van der Waals surface area contributed by atoms with E-state index in [2.05, 4.69) is 10.2 Å². The van der Waals surface area contributed by atoms with Gasteiger partial charge in [-0.05, 0) is 49.6 Å². The maximum absolute atomic E-state index is 12.8. The average Bonchev–Trinajstić information content (AvgIpc) is 3.04. The number of sulfonamides is 1. The lowest BCUT2D eigenvalue weighted by Crippen LogP contribution is -2.50. The Morgan fingerprint density at radius 1 is 1.30 bits per heavy atom. The summed E-state index contributed by atoms with van der Waals surface area (Å²) < 4.78 is 23.0. The number of nitrogens with zero attached hydrogens (tertiary/aromatic N) is 2. The van der Waals surface area contributed by atoms with Gasteiger partial charge in [-0.25, -0.2) is 13.6 Å². The molecule has 0 radical (unpaired) electrons. The lowest BCUT2D eigenvalue weighted by molar-refractivity contribution is -0.122. The van der Waals surface area contributed by atoms with E-state index in [-0.39, 0.29) is 29.3 Å². The van der Waals surface area contributed by atoms with Crippen molar-refractivity contribution in [3.63, 3.8) is 0 Å². The molecule has 8 nitrogen and oxygen atoms in total. The third kappa shape index (κ3) is 4.66. The number of amides is 2. The molecule has 1 aromatic rings. The van der Waals surface area contributed by atoms with E-state index >= 15 is 0 Å². The largest absolute Gasteiger partial charge is 0.352 e. The van der Waals surface area contributed by atoms with Crippen molar-refractivity contribution >= 4 is 27.5 Å². The van der Waals surface area contributed by atoms with E-state index in [9.17, 15) is 18.0 Å². The molecule has 0 aliphatic carbocycles. The van der Waals surface area contributed by atoms with Gasteiger partial charge in [-0.3, -0.25) is 14.5 Å². The lowest BCUT2D eigenvalue weighted by Gasteiger charge is -2.33. The smallest absolute Gasteiger partial charge is 0.241 e. The number of benzene rings is 1. The number of hydrogen-bond acceptors (Lipinski definition) is 5. The summed E-state index contributed by atoms with van der Waals surface area (Å²) in [5.41, 5.74) is 1.57. The summed E-state index contributed by atoms with van der Waals surface area (Å²) in [6.45, 7) is 4.14. The van der Waals surface area contributed by atoms with Gasteiger partial charge < -0.3 is 10.2 Å². The number of nitrogens with two attached hydrogens (primary N) is 1. The van der Waals surface area contributed by atoms with Gasteiger partial charge in [0.2, 0.25) is 21.8 Å². The zero-order valence-corrected chi connectivity index (χ0v) is 16.3. The zero-order chi connectivity index (χ0) is 19.6. The second-order valence-corrected chi connectivity index (χ2v) is 8.69. The van der Waals surface area contributed by atoms with Crippen molar-refractivity contribution in [3.05, 3.63) is 23.8 Å². The molecule has 2 heterocycles. The van der Waals surface area contributed by atoms with Crippen LogP contribution in [0.4, 0.5) is 5.69 Å². The first kappa shape index (κ1) is 19.8. The van der Waals surface area contributed by atoms with E-state index in [0.717, 1.165) is 30.6 Å². The van der Waals surface area contributed by atoms with Gasteiger partial charge in [-0.15, -0.1) is 0 Å². The molecule has 2 amide bonds. The van der Waals surface area contributed by atoms with E-state index in [1.165, 1.54) is 6.07 Å². The molecule has 1 saturated heterocycles. The van der Waals surface area contributed by atoms with E-state index in [0.29, 0.717) is 25.9 Å². The van der Waals surface area contributed by atoms with Gasteiger partial charge in [-0.1, -0.05) is 6.92 Å². The van der Waals surface area contributed by atoms with Crippen molar-refractivity contribution in [1.82, 2.24) is 10.2 Å². The number of hydrogen-bond donors (Lipinski definition) is 2. The first-order valence-corrected chi connectivity index (χ1v) is 10.8. The number of carbonyl (C=O) groups excluding carboxylic acids is 2. The Bertz CT molecular complexity index is 840. The standard InChI is InChI=1S/C18H26N4O4S/c1-2-17(23)20-14-4-3-8-21(11-14)12-18(24)22-9-7-13-10-15(27(19,25)26)5-6-16(13)22/h5-6,10,14H,2-4,7-9,11-12H2,1H3,(H,20,23)(H2,19,25,26). The molecule has 1 fully saturated rings. The Labute approximate surface area is 159 Å². The molecule has 3 rings (SSSR count). The van der Waals surface area contributed by atoms with E-state index in [1.807, 2.05) is 6.92 Å². The van der Waals surface area contributed by atoms with Gasteiger partial charge >= 0.3 is 0 Å². The van der Waals surface area contributed by atoms with Gasteiger partial charge in [-0.2, -0.15) is 0 Å². The van der Waals surface area contributed by atoms with Gasteiger partial charge in [0.05, 0.1) is 11.4 Å². The highest BCUT2D eigenvalue weighted by Crippen LogP contribution is 2.30. The maximum atomic E-state index is 12.8. The first-order chi connectivity index (χ1) is 12.8. The molecule has 0 saturated carbocycles. The molecule has 0 spiro atoms. The predicted molar refractivity (Wildman–Crippen MR) is 102 cm³/mol. The highest BCUT2D eigenvalue weighted by Gasteiger charge is 2.29. The van der Waals surface area contributed by atoms with Crippen LogP contribution >= 0.6 is 0 Å². The molecular weight excluding hydrogens is 368 g/mol. The number of carbonyl (C=O) groups is 2. The molecule has 1 atom stereocenters. The number of rotatable bonds is 5. The van der Waals surface area contributed by atoms with Gasteiger partial charge in [0.25, 0.3) is 0 Å². The summed E-state index contributed by atoms with van der Waals surface area (Å²) in [6.07, 6.45) is 2.94. The fourth-order valence-electron chi connectivity index (χ4n) is 3.74. The second-order valence-electron chi connectivity index (χ2n) is 7.13. The summed E-state index contributed by atoms with van der Waals surface area (Å²) in [5.74, 6) is 0.0203. The fourth-order valence-corrected chi connectivity index (χ4v) is 4.30. The second kappa shape index (κ2) is 7.95. The number of piperidine rings is 1. The van der Waals surface area contributed by atoms with Crippen LogP contribution in [0.3, 0.4) is 0 Å². The molecule has 148 valence electrons. The number of likely N-dealkylation sites (tertiary alicyclic amines) is 1. The minimum atomic E-state index is -3.75. The number of primary sulfonamides is 1. The Morgan fingerprint density at radius 3 is 2.78 bits per heavy atom. The minimum Gasteiger partial charge on any atom is -0.352 e. The summed E-state index contributed by atoms with van der Waals surface area (Å²) in [7, 11) is -3.75. The van der Waals surface area contributed by atoms with Gasteiger partial charge in [0.15, 0.2) is 0 Å². The van der Waals surface area contributed by atoms with Crippen LogP contribution < -0.4 is 15.4 Å². The monoisotopic (exact) mass is 394 g/mol. The molecular formula is C18H26N4O4S. The van der Waals surface area contributed by atoms with Crippen LogP contribution in [0.15, 0.2) is 23.1 Å². The lowest BCUT2D eigenvalue weighted by atomic mass is 10.1. The minimum absolute atomic E-state index is 0.0143. The molecule has 2 aliphatic heterocycles. The normalized spacial score (nSPS) is 20.4. The van der Waals surface area contributed by atoms with Crippen molar-refractivity contribution in [2.45, 2.75) is 43.5 Å². The Kier molecular flexibility index (Phi) is 5.83. The Hall–Kier alpha value is -1.97. The number of nitrogens with one attached hydrogen (secondary N) is 1. The topological polar surface area (TPSA) is 113 Å². The van der Waals surface area contributed by atoms with Crippen molar-refractivity contribution in [2.24, 2.45) is 5.14 Å². The van der Waals surface area contributed by atoms with Crippen molar-refractivity contribution in [1.29, 1.82) is 0 Å². The zero-order valence-electron chi connectivity index (χ0n) is 15.5. The van der Waals surface area contributed by atoms with Crippen LogP contribution in [0.1, 0.15) is 31.7 Å². The van der Waals surface area contributed by atoms with E-state index in [1.54, 1.807) is 17.0 Å². The average molecular weight is 394 g/mol. The summed E-state index contributed by atoms with van der Waals surface area (Å²) >= 11 is 0. The highest BCUT2D eigenvalue weighted by molar-refractivity contribution is 7.89. The molecule has 1 aromatic carbocycles. The van der Waals surface area contributed by atoms with Crippen molar-refractivity contribution < 1.29 is 18.0 Å². The van der Waals surface area contributed by atoms with Crippen LogP contribution in [0.25, 0.3) is 0 Å². The van der Waals surface area contributed by atoms with E-state index in [4.69, 9.17) is 5.14 Å². The SMILES string of the molecule is CCC(=O)NC1CCCN(CC(=O)N2CCc3cc(S(N)(=O)=O)ccc32)C1. The van der Waals surface area contributed by atoms with Crippen LogP contribution in [0, 0.1) is 0 Å². The molecule has 2 aliphatic rings. The van der Waals surface area contributed by atoms with Crippen molar-refractivity contribution in [2.75, 3.05) is 31.1 Å². The quantitative estimate of drug-likeness (QED) is 0.741. The molecule has 1 unspecified atom stereocenters. The van der Waals surface area contributed by atoms with Crippen LogP contribution in [0.5, 0.6) is 0 Å².